The van der Waals surface area contributed by atoms with Crippen molar-refractivity contribution in [2.75, 3.05) is 13.1 Å². The largest absolute Gasteiger partial charge is 0.354 e. The molecule has 0 bridgehead atoms. The van der Waals surface area contributed by atoms with Gasteiger partial charge < -0.3 is 10.2 Å². The summed E-state index contributed by atoms with van der Waals surface area (Å²) >= 11 is 0. The third kappa shape index (κ3) is 5.47. The third-order valence-corrected chi connectivity index (χ3v) is 7.66. The molecule has 0 saturated heterocycles. The zero-order valence-electron chi connectivity index (χ0n) is 19.8. The van der Waals surface area contributed by atoms with Gasteiger partial charge in [0.15, 0.2) is 0 Å². The highest BCUT2D eigenvalue weighted by molar-refractivity contribution is 7.90. The molecule has 182 valence electrons. The monoisotopic (exact) mass is 485 g/mol. The predicted molar refractivity (Wildman–Crippen MR) is 128 cm³/mol. The number of carbonyl (C=O) groups excluding carboxylic acids is 3. The summed E-state index contributed by atoms with van der Waals surface area (Å²) in [6, 6.07) is 13.1. The van der Waals surface area contributed by atoms with Gasteiger partial charge in [0, 0.05) is 26.1 Å². The van der Waals surface area contributed by atoms with E-state index < -0.39 is 22.0 Å². The van der Waals surface area contributed by atoms with Crippen LogP contribution in [0.3, 0.4) is 0 Å². The van der Waals surface area contributed by atoms with Gasteiger partial charge in [-0.25, -0.2) is 12.7 Å². The Morgan fingerprint density at radius 3 is 2.53 bits per heavy atom. The summed E-state index contributed by atoms with van der Waals surface area (Å²) < 4.78 is 26.3. The first-order valence-electron chi connectivity index (χ1n) is 11.5. The number of carbonyl (C=O) groups is 3. The van der Waals surface area contributed by atoms with Crippen molar-refractivity contribution >= 4 is 27.7 Å². The van der Waals surface area contributed by atoms with Crippen molar-refractivity contribution in [3.05, 3.63) is 65.2 Å². The summed E-state index contributed by atoms with van der Waals surface area (Å²) in [5, 5.41) is 2.83. The molecule has 0 radical (unpaired) electrons. The Kier molecular flexibility index (Phi) is 8.09. The van der Waals surface area contributed by atoms with Gasteiger partial charge in [0.1, 0.15) is 10.9 Å². The molecule has 3 rings (SSSR count). The van der Waals surface area contributed by atoms with Gasteiger partial charge in [-0.05, 0) is 44.4 Å². The van der Waals surface area contributed by atoms with Crippen LogP contribution in [0, 0.1) is 6.92 Å². The lowest BCUT2D eigenvalue weighted by atomic mass is 10.1. The zero-order chi connectivity index (χ0) is 24.9. The van der Waals surface area contributed by atoms with Crippen LogP contribution in [0.15, 0.2) is 53.4 Å². The average Bonchev–Trinajstić information content (AvgIpc) is 3.01. The number of hydrogen-bond donors (Lipinski definition) is 1. The molecule has 0 saturated carbocycles. The minimum absolute atomic E-state index is 0.00591. The highest BCUT2D eigenvalue weighted by atomic mass is 32.2. The smallest absolute Gasteiger partial charge is 0.269 e. The van der Waals surface area contributed by atoms with Gasteiger partial charge in [0.2, 0.25) is 11.8 Å². The molecular weight excluding hydrogens is 454 g/mol. The summed E-state index contributed by atoms with van der Waals surface area (Å²) in [4.78, 5) is 39.9. The van der Waals surface area contributed by atoms with Crippen LogP contribution in [-0.2, 0) is 26.2 Å². The lowest BCUT2D eigenvalue weighted by molar-refractivity contribution is -0.140. The first-order chi connectivity index (χ1) is 16.2. The number of hydrogen-bond acceptors (Lipinski definition) is 5. The fourth-order valence-electron chi connectivity index (χ4n) is 3.96. The van der Waals surface area contributed by atoms with E-state index in [4.69, 9.17) is 0 Å². The molecule has 0 aromatic heterocycles. The van der Waals surface area contributed by atoms with E-state index in [1.165, 1.54) is 17.0 Å². The molecule has 0 fully saturated rings. The van der Waals surface area contributed by atoms with Crippen LogP contribution in [0.25, 0.3) is 0 Å². The Bertz CT molecular complexity index is 1180. The van der Waals surface area contributed by atoms with Gasteiger partial charge in [0.05, 0.1) is 5.56 Å². The lowest BCUT2D eigenvalue weighted by Gasteiger charge is -2.29. The highest BCUT2D eigenvalue weighted by Gasteiger charge is 2.40. The van der Waals surface area contributed by atoms with E-state index in [9.17, 15) is 22.8 Å². The van der Waals surface area contributed by atoms with E-state index in [0.717, 1.165) is 21.9 Å². The van der Waals surface area contributed by atoms with Crippen molar-refractivity contribution in [1.29, 1.82) is 0 Å². The SMILES string of the molecule is CCCNC(=O)C(C)N(Cc1cccc(C)c1)C(=O)CCCN1C(=O)c2ccccc2S1(=O)=O. The van der Waals surface area contributed by atoms with Crippen LogP contribution in [0.5, 0.6) is 0 Å². The molecule has 1 aliphatic rings. The zero-order valence-corrected chi connectivity index (χ0v) is 20.6. The van der Waals surface area contributed by atoms with E-state index in [-0.39, 0.29) is 48.2 Å². The van der Waals surface area contributed by atoms with Gasteiger partial charge in [0.25, 0.3) is 15.9 Å². The number of amides is 3. The summed E-state index contributed by atoms with van der Waals surface area (Å²) in [7, 11) is -3.91. The third-order valence-electron chi connectivity index (χ3n) is 5.82. The molecule has 3 amide bonds. The molecule has 34 heavy (non-hydrogen) atoms. The van der Waals surface area contributed by atoms with Gasteiger partial charge in [-0.2, -0.15) is 0 Å². The molecule has 0 spiro atoms. The fraction of sp³-hybridized carbons (Fsp3) is 0.400. The predicted octanol–water partition coefficient (Wildman–Crippen LogP) is 2.86. The normalized spacial score (nSPS) is 15.0. The molecule has 8 nitrogen and oxygen atoms in total. The van der Waals surface area contributed by atoms with Crippen LogP contribution in [0.2, 0.25) is 0 Å². The van der Waals surface area contributed by atoms with Crippen molar-refractivity contribution in [1.82, 2.24) is 14.5 Å². The second kappa shape index (κ2) is 10.8. The first kappa shape index (κ1) is 25.4. The topological polar surface area (TPSA) is 104 Å². The molecule has 1 atom stereocenters. The second-order valence-electron chi connectivity index (χ2n) is 8.46. The van der Waals surface area contributed by atoms with Gasteiger partial charge in [-0.3, -0.25) is 14.4 Å². The minimum Gasteiger partial charge on any atom is -0.354 e. The number of aryl methyl sites for hydroxylation is 1. The molecule has 0 aliphatic carbocycles. The van der Waals surface area contributed by atoms with Gasteiger partial charge in [-0.1, -0.05) is 48.9 Å². The number of rotatable bonds is 10. The second-order valence-corrected chi connectivity index (χ2v) is 10.3. The van der Waals surface area contributed by atoms with Crippen molar-refractivity contribution in [3.8, 4) is 0 Å². The maximum atomic E-state index is 13.2. The maximum Gasteiger partial charge on any atom is 0.269 e. The number of nitrogens with one attached hydrogen (secondary N) is 1. The van der Waals surface area contributed by atoms with Crippen LogP contribution < -0.4 is 5.32 Å². The first-order valence-corrected chi connectivity index (χ1v) is 12.9. The molecule has 9 heteroatoms. The molecule has 2 aromatic rings. The minimum atomic E-state index is -3.91. The summed E-state index contributed by atoms with van der Waals surface area (Å²) in [6.07, 6.45) is 0.948. The van der Waals surface area contributed by atoms with Crippen molar-refractivity contribution in [3.63, 3.8) is 0 Å². The standard InChI is InChI=1S/C25H31N3O5S/c1-4-14-26-24(30)19(3)27(17-20-10-7-9-18(2)16-20)23(29)13-8-15-28-25(31)21-11-5-6-12-22(21)34(28,32)33/h5-7,9-12,16,19H,4,8,13-15,17H2,1-3H3,(H,26,30). The number of benzene rings is 2. The van der Waals surface area contributed by atoms with E-state index in [1.807, 2.05) is 38.1 Å². The molecule has 1 heterocycles. The quantitative estimate of drug-likeness (QED) is 0.557. The Labute approximate surface area is 201 Å². The molecular formula is C25H31N3O5S. The summed E-state index contributed by atoms with van der Waals surface area (Å²) in [5.74, 6) is -1.09. The molecule has 1 unspecified atom stereocenters. The van der Waals surface area contributed by atoms with Crippen molar-refractivity contribution < 1.29 is 22.8 Å². The Balaban J connectivity index is 1.70. The molecule has 2 aromatic carbocycles. The Morgan fingerprint density at radius 1 is 1.12 bits per heavy atom. The van der Waals surface area contributed by atoms with Crippen molar-refractivity contribution in [2.45, 2.75) is 57.5 Å². The van der Waals surface area contributed by atoms with Crippen LogP contribution >= 0.6 is 0 Å². The molecule has 1 N–H and O–H groups in total. The Hall–Kier alpha value is -3.20. The Morgan fingerprint density at radius 2 is 1.85 bits per heavy atom. The average molecular weight is 486 g/mol. The lowest BCUT2D eigenvalue weighted by Crippen LogP contribution is -2.47. The summed E-state index contributed by atoms with van der Waals surface area (Å²) in [5.41, 5.74) is 2.10. The maximum absolute atomic E-state index is 13.2. The van der Waals surface area contributed by atoms with E-state index in [1.54, 1.807) is 19.1 Å². The van der Waals surface area contributed by atoms with Crippen molar-refractivity contribution in [2.24, 2.45) is 0 Å². The van der Waals surface area contributed by atoms with Gasteiger partial charge >= 0.3 is 0 Å². The highest BCUT2D eigenvalue weighted by Crippen LogP contribution is 2.30. The van der Waals surface area contributed by atoms with E-state index in [0.29, 0.717) is 6.54 Å². The fourth-order valence-corrected chi connectivity index (χ4v) is 5.56. The number of fused-ring (bicyclic) bond motifs is 1. The number of sulfonamides is 1. The van der Waals surface area contributed by atoms with Gasteiger partial charge in [-0.15, -0.1) is 0 Å². The van der Waals surface area contributed by atoms with E-state index in [2.05, 4.69) is 5.32 Å². The molecule has 1 aliphatic heterocycles. The number of nitrogens with zero attached hydrogens (tertiary/aromatic N) is 2. The van der Waals surface area contributed by atoms with Crippen LogP contribution in [-0.4, -0.2) is 54.5 Å². The van der Waals surface area contributed by atoms with Crippen LogP contribution in [0.1, 0.15) is 54.6 Å². The van der Waals surface area contributed by atoms with E-state index >= 15 is 0 Å². The summed E-state index contributed by atoms with van der Waals surface area (Å²) in [6.45, 7) is 6.27. The van der Waals surface area contributed by atoms with Crippen LogP contribution in [0.4, 0.5) is 0 Å².